The monoisotopic (exact) mass is 340 g/mol. The van der Waals surface area contributed by atoms with Crippen LogP contribution in [0.1, 0.15) is 26.2 Å². The van der Waals surface area contributed by atoms with Crippen LogP contribution in [0, 0.1) is 5.41 Å². The van der Waals surface area contributed by atoms with Gasteiger partial charge in [-0.05, 0) is 37.7 Å². The van der Waals surface area contributed by atoms with Crippen LogP contribution >= 0.6 is 0 Å². The van der Waals surface area contributed by atoms with E-state index in [1.807, 2.05) is 18.2 Å². The van der Waals surface area contributed by atoms with Crippen LogP contribution in [0.5, 0.6) is 5.88 Å². The molecule has 3 heterocycles. The Kier molecular flexibility index (Phi) is 4.89. The summed E-state index contributed by atoms with van der Waals surface area (Å²) in [6.45, 7) is 4.10. The zero-order chi connectivity index (χ0) is 16.3. The van der Waals surface area contributed by atoms with Crippen molar-refractivity contribution in [2.24, 2.45) is 5.41 Å². The highest BCUT2D eigenvalue weighted by Gasteiger charge is 2.44. The van der Waals surface area contributed by atoms with Crippen molar-refractivity contribution in [3.63, 3.8) is 0 Å². The van der Waals surface area contributed by atoms with Gasteiger partial charge in [-0.3, -0.25) is 0 Å². The molecule has 0 saturated carbocycles. The molecule has 1 aromatic heterocycles. The van der Waals surface area contributed by atoms with Crippen molar-refractivity contribution in [2.75, 3.05) is 32.1 Å². The minimum atomic E-state index is -3.07. The normalized spacial score (nSPS) is 24.8. The van der Waals surface area contributed by atoms with Crippen molar-refractivity contribution in [1.29, 1.82) is 0 Å². The van der Waals surface area contributed by atoms with Gasteiger partial charge in [0.1, 0.15) is 6.61 Å². The number of piperidine rings is 1. The van der Waals surface area contributed by atoms with Crippen molar-refractivity contribution in [1.82, 2.24) is 9.29 Å². The molecule has 2 saturated heterocycles. The fourth-order valence-corrected chi connectivity index (χ4v) is 4.49. The maximum Gasteiger partial charge on any atom is 0.213 e. The first-order chi connectivity index (χ1) is 11.0. The molecule has 0 radical (unpaired) electrons. The average Bonchev–Trinajstić information content (AvgIpc) is 2.97. The average molecular weight is 340 g/mol. The molecule has 0 amide bonds. The minimum absolute atomic E-state index is 0.0614. The predicted octanol–water partition coefficient (Wildman–Crippen LogP) is 1.68. The summed E-state index contributed by atoms with van der Waals surface area (Å²) in [5.74, 6) is 0.790. The molecule has 1 spiro atoms. The van der Waals surface area contributed by atoms with E-state index in [2.05, 4.69) is 4.98 Å². The highest BCUT2D eigenvalue weighted by molar-refractivity contribution is 7.89. The van der Waals surface area contributed by atoms with Gasteiger partial charge in [-0.15, -0.1) is 0 Å². The molecule has 6 nitrogen and oxygen atoms in total. The van der Waals surface area contributed by atoms with E-state index in [0.717, 1.165) is 19.3 Å². The van der Waals surface area contributed by atoms with E-state index in [1.165, 1.54) is 0 Å². The molecule has 1 aromatic rings. The molecule has 0 unspecified atom stereocenters. The number of sulfonamides is 1. The van der Waals surface area contributed by atoms with E-state index in [1.54, 1.807) is 17.4 Å². The number of hydrogen-bond acceptors (Lipinski definition) is 5. The Morgan fingerprint density at radius 3 is 2.83 bits per heavy atom. The summed E-state index contributed by atoms with van der Waals surface area (Å²) in [7, 11) is -3.07. The lowest BCUT2D eigenvalue weighted by atomic mass is 9.77. The third kappa shape index (κ3) is 3.84. The minimum Gasteiger partial charge on any atom is -0.475 e. The molecule has 0 bridgehead atoms. The second-order valence-electron chi connectivity index (χ2n) is 6.42. The van der Waals surface area contributed by atoms with Gasteiger partial charge in [0.2, 0.25) is 15.9 Å². The maximum absolute atomic E-state index is 11.9. The molecular formula is C16H24N2O4S. The molecule has 2 fully saturated rings. The molecule has 23 heavy (non-hydrogen) atoms. The topological polar surface area (TPSA) is 68.7 Å². The molecule has 0 N–H and O–H groups in total. The van der Waals surface area contributed by atoms with Gasteiger partial charge >= 0.3 is 0 Å². The van der Waals surface area contributed by atoms with Crippen molar-refractivity contribution < 1.29 is 17.9 Å². The van der Waals surface area contributed by atoms with Crippen LogP contribution in [0.3, 0.4) is 0 Å². The van der Waals surface area contributed by atoms with Gasteiger partial charge in [-0.25, -0.2) is 17.7 Å². The number of aromatic nitrogens is 1. The van der Waals surface area contributed by atoms with E-state index in [0.29, 0.717) is 32.2 Å². The van der Waals surface area contributed by atoms with E-state index >= 15 is 0 Å². The Balaban J connectivity index is 1.50. The third-order valence-electron chi connectivity index (χ3n) is 4.88. The number of rotatable bonds is 5. The van der Waals surface area contributed by atoms with Crippen LogP contribution in [-0.4, -0.2) is 55.9 Å². The second kappa shape index (κ2) is 6.75. The first-order valence-corrected chi connectivity index (χ1v) is 9.77. The first-order valence-electron chi connectivity index (χ1n) is 8.16. The standard InChI is InChI=1S/C16H24N2O4S/c1-2-23(19,20)18-9-6-16(7-10-18)11-14(22-13-16)12-21-15-5-3-4-8-17-15/h3-5,8,14H,2,6-7,9-13H2,1H3/t14-/m0/s1. The van der Waals surface area contributed by atoms with Crippen LogP contribution in [0.15, 0.2) is 24.4 Å². The maximum atomic E-state index is 11.9. The Labute approximate surface area is 137 Å². The first kappa shape index (κ1) is 16.7. The fourth-order valence-electron chi connectivity index (χ4n) is 3.38. The molecule has 128 valence electrons. The third-order valence-corrected chi connectivity index (χ3v) is 6.76. The lowest BCUT2D eigenvalue weighted by Crippen LogP contribution is -2.44. The largest absolute Gasteiger partial charge is 0.475 e. The van der Waals surface area contributed by atoms with Gasteiger partial charge < -0.3 is 9.47 Å². The molecule has 0 aromatic carbocycles. The summed E-state index contributed by atoms with van der Waals surface area (Å²) in [5, 5.41) is 0. The summed E-state index contributed by atoms with van der Waals surface area (Å²) >= 11 is 0. The van der Waals surface area contributed by atoms with Gasteiger partial charge in [0.15, 0.2) is 0 Å². The summed E-state index contributed by atoms with van der Waals surface area (Å²) in [4.78, 5) is 4.14. The molecule has 3 rings (SSSR count). The van der Waals surface area contributed by atoms with Gasteiger partial charge in [0.05, 0.1) is 18.5 Å². The summed E-state index contributed by atoms with van der Waals surface area (Å²) in [5.41, 5.74) is 0.109. The summed E-state index contributed by atoms with van der Waals surface area (Å²) < 4.78 is 37.1. The highest BCUT2D eigenvalue weighted by atomic mass is 32.2. The van der Waals surface area contributed by atoms with E-state index in [-0.39, 0.29) is 17.3 Å². The second-order valence-corrected chi connectivity index (χ2v) is 8.67. The Hall–Kier alpha value is -1.18. The molecular weight excluding hydrogens is 316 g/mol. The van der Waals surface area contributed by atoms with Gasteiger partial charge in [0.25, 0.3) is 0 Å². The van der Waals surface area contributed by atoms with Crippen LogP contribution < -0.4 is 4.74 Å². The summed E-state index contributed by atoms with van der Waals surface area (Å²) in [6.07, 6.45) is 4.43. The zero-order valence-corrected chi connectivity index (χ0v) is 14.3. The molecule has 7 heteroatoms. The van der Waals surface area contributed by atoms with Crippen molar-refractivity contribution in [2.45, 2.75) is 32.3 Å². The smallest absolute Gasteiger partial charge is 0.213 e. The quantitative estimate of drug-likeness (QED) is 0.816. The van der Waals surface area contributed by atoms with E-state index in [4.69, 9.17) is 9.47 Å². The molecule has 2 aliphatic rings. The van der Waals surface area contributed by atoms with Crippen LogP contribution in [-0.2, 0) is 14.8 Å². The van der Waals surface area contributed by atoms with E-state index < -0.39 is 10.0 Å². The van der Waals surface area contributed by atoms with Gasteiger partial charge in [-0.2, -0.15) is 0 Å². The van der Waals surface area contributed by atoms with Crippen LogP contribution in [0.25, 0.3) is 0 Å². The molecule has 1 atom stereocenters. The van der Waals surface area contributed by atoms with E-state index in [9.17, 15) is 8.42 Å². The number of ether oxygens (including phenoxy) is 2. The molecule has 0 aliphatic carbocycles. The number of nitrogens with zero attached hydrogens (tertiary/aromatic N) is 2. The van der Waals surface area contributed by atoms with Gasteiger partial charge in [-0.1, -0.05) is 6.07 Å². The summed E-state index contributed by atoms with van der Waals surface area (Å²) in [6, 6.07) is 5.58. The Morgan fingerprint density at radius 2 is 2.17 bits per heavy atom. The van der Waals surface area contributed by atoms with Crippen molar-refractivity contribution >= 4 is 10.0 Å². The Bertz CT molecular complexity index is 612. The number of hydrogen-bond donors (Lipinski definition) is 0. The number of pyridine rings is 1. The Morgan fingerprint density at radius 1 is 1.39 bits per heavy atom. The van der Waals surface area contributed by atoms with Crippen LogP contribution in [0.2, 0.25) is 0 Å². The molecule has 2 aliphatic heterocycles. The zero-order valence-electron chi connectivity index (χ0n) is 13.5. The fraction of sp³-hybridized carbons (Fsp3) is 0.688. The highest BCUT2D eigenvalue weighted by Crippen LogP contribution is 2.42. The van der Waals surface area contributed by atoms with Crippen molar-refractivity contribution in [3.8, 4) is 5.88 Å². The lowest BCUT2D eigenvalue weighted by molar-refractivity contribution is 0.0529. The lowest BCUT2D eigenvalue weighted by Gasteiger charge is -2.37. The van der Waals surface area contributed by atoms with Crippen molar-refractivity contribution in [3.05, 3.63) is 24.4 Å². The van der Waals surface area contributed by atoms with Crippen LogP contribution in [0.4, 0.5) is 0 Å². The predicted molar refractivity (Wildman–Crippen MR) is 86.8 cm³/mol. The van der Waals surface area contributed by atoms with Gasteiger partial charge in [0, 0.05) is 25.4 Å². The SMILES string of the molecule is CCS(=O)(=O)N1CCC2(CC1)CO[C@H](COc1ccccn1)C2.